The molecule has 0 aliphatic heterocycles. The summed E-state index contributed by atoms with van der Waals surface area (Å²) in [6.07, 6.45) is -0.753. The minimum atomic E-state index is -1.38. The van der Waals surface area contributed by atoms with Crippen LogP contribution < -0.4 is 10.4 Å². The minimum absolute atomic E-state index is 0.0432. The van der Waals surface area contributed by atoms with Crippen LogP contribution in [0, 0.1) is 0 Å². The average molecular weight is 293 g/mol. The molecule has 0 fully saturated rings. The first kappa shape index (κ1) is 15.0. The molecule has 0 unspecified atom stereocenters. The van der Waals surface area contributed by atoms with Crippen LogP contribution in [-0.4, -0.2) is 23.7 Å². The molecule has 1 N–H and O–H groups in total. The summed E-state index contributed by atoms with van der Waals surface area (Å²) in [5, 5.41) is 12.9. The maximum Gasteiger partial charge on any atom is 0.408 e. The second-order valence-corrected chi connectivity index (χ2v) is 5.36. The number of amides is 1. The Kier molecular flexibility index (Phi) is 5.50. The predicted octanol–water partition coefficient (Wildman–Crippen LogP) is 0.928. The fourth-order valence-corrected chi connectivity index (χ4v) is 1.19. The van der Waals surface area contributed by atoms with E-state index in [1.54, 1.807) is 20.8 Å². The van der Waals surface area contributed by atoms with Gasteiger partial charge in [0.2, 0.25) is 0 Å². The Bertz CT molecular complexity index is 296. The van der Waals surface area contributed by atoms with Crippen molar-refractivity contribution in [1.29, 1.82) is 0 Å². The lowest BCUT2D eigenvalue weighted by Crippen LogP contribution is -2.49. The van der Waals surface area contributed by atoms with Crippen molar-refractivity contribution in [3.8, 4) is 0 Å². The summed E-state index contributed by atoms with van der Waals surface area (Å²) in [5.41, 5.74) is -0.675. The van der Waals surface area contributed by atoms with Crippen LogP contribution in [0.15, 0.2) is 11.1 Å². The molecule has 0 heterocycles. The molecule has 0 aromatic rings. The van der Waals surface area contributed by atoms with Gasteiger partial charge in [-0.05, 0) is 25.3 Å². The highest BCUT2D eigenvalue weighted by Gasteiger charge is 2.20. The Morgan fingerprint density at radius 2 is 2.00 bits per heavy atom. The van der Waals surface area contributed by atoms with E-state index < -0.39 is 23.7 Å². The third-order valence-electron chi connectivity index (χ3n) is 1.40. The highest BCUT2D eigenvalue weighted by molar-refractivity contribution is 9.11. The van der Waals surface area contributed by atoms with Gasteiger partial charge in [-0.15, -0.1) is 0 Å². The number of rotatable bonds is 4. The van der Waals surface area contributed by atoms with Crippen molar-refractivity contribution in [1.82, 2.24) is 5.32 Å². The SMILES string of the molecule is C=C(Br)C[C@@H](NC(=O)OC(C)(C)C)C(=O)[O-]. The first-order valence-electron chi connectivity index (χ1n) is 4.65. The summed E-state index contributed by atoms with van der Waals surface area (Å²) in [4.78, 5) is 22.0. The minimum Gasteiger partial charge on any atom is -0.548 e. The summed E-state index contributed by atoms with van der Waals surface area (Å²) in [7, 11) is 0. The summed E-state index contributed by atoms with van der Waals surface area (Å²) < 4.78 is 5.37. The number of aliphatic carboxylic acids is 1. The van der Waals surface area contributed by atoms with Crippen molar-refractivity contribution in [2.75, 3.05) is 0 Å². The van der Waals surface area contributed by atoms with Gasteiger partial charge in [0.25, 0.3) is 0 Å². The molecule has 6 heteroatoms. The Balaban J connectivity index is 4.35. The summed E-state index contributed by atoms with van der Waals surface area (Å²) in [6, 6.07) is -1.15. The van der Waals surface area contributed by atoms with Crippen LogP contribution in [0.1, 0.15) is 27.2 Å². The summed E-state index contributed by atoms with van der Waals surface area (Å²) >= 11 is 3.02. The molecule has 0 radical (unpaired) electrons. The molecule has 0 aliphatic carbocycles. The number of halogens is 1. The lowest BCUT2D eigenvalue weighted by Gasteiger charge is -2.24. The highest BCUT2D eigenvalue weighted by Crippen LogP contribution is 2.11. The second-order valence-electron chi connectivity index (χ2n) is 4.24. The van der Waals surface area contributed by atoms with E-state index in [-0.39, 0.29) is 6.42 Å². The third kappa shape index (κ3) is 7.28. The van der Waals surface area contributed by atoms with Crippen LogP contribution in [0.5, 0.6) is 0 Å². The van der Waals surface area contributed by atoms with Gasteiger partial charge < -0.3 is 20.0 Å². The molecule has 92 valence electrons. The molecule has 0 aromatic carbocycles. The van der Waals surface area contributed by atoms with E-state index in [1.807, 2.05) is 0 Å². The largest absolute Gasteiger partial charge is 0.548 e. The molecule has 16 heavy (non-hydrogen) atoms. The Labute approximate surface area is 103 Å². The number of hydrogen-bond acceptors (Lipinski definition) is 4. The molecule has 0 spiro atoms. The highest BCUT2D eigenvalue weighted by atomic mass is 79.9. The van der Waals surface area contributed by atoms with Crippen molar-refractivity contribution >= 4 is 28.0 Å². The van der Waals surface area contributed by atoms with Crippen LogP contribution in [0.4, 0.5) is 4.79 Å². The van der Waals surface area contributed by atoms with Gasteiger partial charge in [-0.25, -0.2) is 4.79 Å². The predicted molar refractivity (Wildman–Crippen MR) is 60.8 cm³/mol. The van der Waals surface area contributed by atoms with Crippen molar-refractivity contribution in [3.63, 3.8) is 0 Å². The quantitative estimate of drug-likeness (QED) is 0.836. The van der Waals surface area contributed by atoms with E-state index in [1.165, 1.54) is 0 Å². The van der Waals surface area contributed by atoms with Gasteiger partial charge in [0.1, 0.15) is 5.60 Å². The normalized spacial score (nSPS) is 12.8. The third-order valence-corrected chi connectivity index (χ3v) is 1.72. The lowest BCUT2D eigenvalue weighted by atomic mass is 10.2. The molecular weight excluding hydrogens is 278 g/mol. The van der Waals surface area contributed by atoms with Crippen molar-refractivity contribution < 1.29 is 19.4 Å². The van der Waals surface area contributed by atoms with Crippen LogP contribution in [0.3, 0.4) is 0 Å². The number of ether oxygens (including phenoxy) is 1. The first-order chi connectivity index (χ1) is 7.11. The molecular formula is C10H15BrNO4-. The zero-order valence-corrected chi connectivity index (χ0v) is 11.1. The maximum absolute atomic E-state index is 11.3. The molecule has 0 aromatic heterocycles. The van der Waals surface area contributed by atoms with E-state index in [4.69, 9.17) is 4.74 Å². The van der Waals surface area contributed by atoms with Gasteiger partial charge >= 0.3 is 6.09 Å². The maximum atomic E-state index is 11.3. The lowest BCUT2D eigenvalue weighted by molar-refractivity contribution is -0.308. The van der Waals surface area contributed by atoms with Gasteiger partial charge in [0, 0.05) is 6.42 Å². The Hall–Kier alpha value is -1.04. The van der Waals surface area contributed by atoms with Crippen LogP contribution in [0.2, 0.25) is 0 Å². The van der Waals surface area contributed by atoms with Gasteiger partial charge in [-0.3, -0.25) is 0 Å². The van der Waals surface area contributed by atoms with E-state index >= 15 is 0 Å². The molecule has 5 nitrogen and oxygen atoms in total. The van der Waals surface area contributed by atoms with E-state index in [0.29, 0.717) is 4.48 Å². The van der Waals surface area contributed by atoms with Crippen LogP contribution in [0.25, 0.3) is 0 Å². The summed E-state index contributed by atoms with van der Waals surface area (Å²) in [6.45, 7) is 8.55. The van der Waals surface area contributed by atoms with E-state index in [2.05, 4.69) is 27.8 Å². The fourth-order valence-electron chi connectivity index (χ4n) is 0.865. The second kappa shape index (κ2) is 5.89. The molecule has 1 atom stereocenters. The van der Waals surface area contributed by atoms with Crippen LogP contribution >= 0.6 is 15.9 Å². The Morgan fingerprint density at radius 1 is 1.50 bits per heavy atom. The Morgan fingerprint density at radius 3 is 2.31 bits per heavy atom. The van der Waals surface area contributed by atoms with Gasteiger partial charge in [-0.2, -0.15) is 0 Å². The molecule has 0 saturated carbocycles. The van der Waals surface area contributed by atoms with Crippen LogP contribution in [-0.2, 0) is 9.53 Å². The smallest absolute Gasteiger partial charge is 0.408 e. The summed E-state index contributed by atoms with van der Waals surface area (Å²) in [5.74, 6) is -1.38. The van der Waals surface area contributed by atoms with Crippen molar-refractivity contribution in [3.05, 3.63) is 11.1 Å². The zero-order chi connectivity index (χ0) is 12.9. The average Bonchev–Trinajstić information content (AvgIpc) is 1.97. The van der Waals surface area contributed by atoms with Gasteiger partial charge in [-0.1, -0.05) is 22.5 Å². The first-order valence-corrected chi connectivity index (χ1v) is 5.45. The standard InChI is InChI=1S/C10H16BrNO4/c1-6(11)5-7(8(13)14)12-9(15)16-10(2,3)4/h7H,1,5H2,2-4H3,(H,12,15)(H,13,14)/p-1/t7-/m1/s1. The number of carbonyl (C=O) groups excluding carboxylic acids is 2. The molecule has 0 aliphatic rings. The van der Waals surface area contributed by atoms with E-state index in [9.17, 15) is 14.7 Å². The topological polar surface area (TPSA) is 78.5 Å². The number of carboxylic acids is 1. The zero-order valence-electron chi connectivity index (χ0n) is 9.50. The molecule has 0 rings (SSSR count). The fraction of sp³-hybridized carbons (Fsp3) is 0.600. The monoisotopic (exact) mass is 292 g/mol. The van der Waals surface area contributed by atoms with Gasteiger partial charge in [0.15, 0.2) is 0 Å². The van der Waals surface area contributed by atoms with Gasteiger partial charge in [0.05, 0.1) is 12.0 Å². The molecule has 0 saturated heterocycles. The van der Waals surface area contributed by atoms with E-state index in [0.717, 1.165) is 0 Å². The number of carbonyl (C=O) groups is 2. The molecule has 0 bridgehead atoms. The molecule has 1 amide bonds. The number of alkyl carbamates (subject to hydrolysis) is 1. The number of carboxylic acid groups (broad SMARTS) is 1. The number of nitrogens with one attached hydrogen (secondary N) is 1. The van der Waals surface area contributed by atoms with Crippen molar-refractivity contribution in [2.24, 2.45) is 0 Å². The van der Waals surface area contributed by atoms with Crippen molar-refractivity contribution in [2.45, 2.75) is 38.8 Å². The number of hydrogen-bond donors (Lipinski definition) is 1.